The third-order valence-corrected chi connectivity index (χ3v) is 2.89. The quantitative estimate of drug-likeness (QED) is 0.856. The molecular formula is C17H17NO3. The van der Waals surface area contributed by atoms with Gasteiger partial charge in [-0.15, -0.1) is 0 Å². The standard InChI is InChI=1S/C17H17NO3/c1-20-15-10-6-7-13(17(15)21-2)11-12-16(19)18-14-8-4-3-5-9-14/h3-12H,1-2H3,(H,18,19). The van der Waals surface area contributed by atoms with E-state index in [4.69, 9.17) is 9.47 Å². The van der Waals surface area contributed by atoms with Gasteiger partial charge in [-0.25, -0.2) is 0 Å². The SMILES string of the molecule is COc1cccc(C=CC(=O)Nc2ccccc2)c1OC. The smallest absolute Gasteiger partial charge is 0.248 e. The van der Waals surface area contributed by atoms with E-state index < -0.39 is 0 Å². The van der Waals surface area contributed by atoms with Crippen LogP contribution in [0, 0.1) is 0 Å². The Morgan fingerprint density at radius 3 is 2.43 bits per heavy atom. The molecule has 1 amide bonds. The van der Waals surface area contributed by atoms with E-state index in [0.29, 0.717) is 11.5 Å². The molecule has 0 aliphatic heterocycles. The Labute approximate surface area is 124 Å². The first-order valence-corrected chi connectivity index (χ1v) is 6.49. The van der Waals surface area contributed by atoms with Crippen molar-refractivity contribution in [1.82, 2.24) is 0 Å². The van der Waals surface area contributed by atoms with Crippen LogP contribution in [-0.4, -0.2) is 20.1 Å². The predicted molar refractivity (Wildman–Crippen MR) is 83.7 cm³/mol. The maximum Gasteiger partial charge on any atom is 0.248 e. The molecule has 0 bridgehead atoms. The van der Waals surface area contributed by atoms with Gasteiger partial charge in [-0.1, -0.05) is 30.3 Å². The summed E-state index contributed by atoms with van der Waals surface area (Å²) in [5, 5.41) is 2.78. The van der Waals surface area contributed by atoms with Gasteiger partial charge in [-0.05, 0) is 24.3 Å². The van der Waals surface area contributed by atoms with Gasteiger partial charge in [0.2, 0.25) is 5.91 Å². The summed E-state index contributed by atoms with van der Waals surface area (Å²) in [5.41, 5.74) is 1.53. The van der Waals surface area contributed by atoms with Gasteiger partial charge in [0.05, 0.1) is 14.2 Å². The highest BCUT2D eigenvalue weighted by Crippen LogP contribution is 2.31. The van der Waals surface area contributed by atoms with Crippen molar-refractivity contribution in [2.45, 2.75) is 0 Å². The Morgan fingerprint density at radius 1 is 1.00 bits per heavy atom. The zero-order valence-corrected chi connectivity index (χ0v) is 12.0. The van der Waals surface area contributed by atoms with E-state index in [9.17, 15) is 4.79 Å². The van der Waals surface area contributed by atoms with Crippen LogP contribution in [0.4, 0.5) is 5.69 Å². The lowest BCUT2D eigenvalue weighted by Crippen LogP contribution is -2.07. The van der Waals surface area contributed by atoms with Crippen molar-refractivity contribution in [2.75, 3.05) is 19.5 Å². The molecule has 2 aromatic rings. The Hall–Kier alpha value is -2.75. The summed E-state index contributed by atoms with van der Waals surface area (Å²) in [4.78, 5) is 11.9. The molecule has 0 saturated heterocycles. The van der Waals surface area contributed by atoms with Crippen LogP contribution in [0.3, 0.4) is 0 Å². The number of hydrogen-bond acceptors (Lipinski definition) is 3. The highest BCUT2D eigenvalue weighted by Gasteiger charge is 2.07. The van der Waals surface area contributed by atoms with E-state index in [0.717, 1.165) is 11.3 Å². The highest BCUT2D eigenvalue weighted by molar-refractivity contribution is 6.02. The van der Waals surface area contributed by atoms with Crippen molar-refractivity contribution in [3.8, 4) is 11.5 Å². The van der Waals surface area contributed by atoms with Gasteiger partial charge in [0, 0.05) is 17.3 Å². The Balaban J connectivity index is 2.12. The lowest BCUT2D eigenvalue weighted by molar-refractivity contribution is -0.111. The number of methoxy groups -OCH3 is 2. The summed E-state index contributed by atoms with van der Waals surface area (Å²) in [5.74, 6) is 1.03. The molecule has 0 saturated carbocycles. The Bertz CT molecular complexity index is 636. The molecule has 108 valence electrons. The van der Waals surface area contributed by atoms with Gasteiger partial charge in [-0.2, -0.15) is 0 Å². The second-order valence-electron chi connectivity index (χ2n) is 4.27. The maximum absolute atomic E-state index is 11.9. The van der Waals surface area contributed by atoms with Crippen molar-refractivity contribution < 1.29 is 14.3 Å². The molecule has 0 aliphatic rings. The number of amides is 1. The zero-order chi connectivity index (χ0) is 15.1. The van der Waals surface area contributed by atoms with Crippen LogP contribution in [0.15, 0.2) is 54.6 Å². The van der Waals surface area contributed by atoms with Crippen LogP contribution in [0.5, 0.6) is 11.5 Å². The number of anilines is 1. The Kier molecular flexibility index (Phi) is 4.99. The second-order valence-corrected chi connectivity index (χ2v) is 4.27. The molecule has 0 aromatic heterocycles. The number of carbonyl (C=O) groups is 1. The number of rotatable bonds is 5. The minimum atomic E-state index is -0.203. The normalized spacial score (nSPS) is 10.4. The van der Waals surface area contributed by atoms with E-state index in [1.807, 2.05) is 42.5 Å². The lowest BCUT2D eigenvalue weighted by Gasteiger charge is -2.09. The predicted octanol–water partition coefficient (Wildman–Crippen LogP) is 3.36. The molecule has 21 heavy (non-hydrogen) atoms. The van der Waals surface area contributed by atoms with E-state index in [1.165, 1.54) is 6.08 Å². The van der Waals surface area contributed by atoms with Crippen LogP contribution in [0.1, 0.15) is 5.56 Å². The van der Waals surface area contributed by atoms with Crippen molar-refractivity contribution in [3.63, 3.8) is 0 Å². The number of carbonyl (C=O) groups excluding carboxylic acids is 1. The summed E-state index contributed by atoms with van der Waals surface area (Å²) < 4.78 is 10.5. The lowest BCUT2D eigenvalue weighted by atomic mass is 10.1. The van der Waals surface area contributed by atoms with E-state index in [2.05, 4.69) is 5.32 Å². The van der Waals surface area contributed by atoms with Crippen LogP contribution in [-0.2, 0) is 4.79 Å². The third-order valence-electron chi connectivity index (χ3n) is 2.89. The van der Waals surface area contributed by atoms with Crippen molar-refractivity contribution in [2.24, 2.45) is 0 Å². The fraction of sp³-hybridized carbons (Fsp3) is 0.118. The fourth-order valence-electron chi connectivity index (χ4n) is 1.91. The molecule has 0 spiro atoms. The van der Waals surface area contributed by atoms with Gasteiger partial charge in [0.1, 0.15) is 0 Å². The minimum absolute atomic E-state index is 0.203. The van der Waals surface area contributed by atoms with Gasteiger partial charge in [0.25, 0.3) is 0 Å². The largest absolute Gasteiger partial charge is 0.493 e. The van der Waals surface area contributed by atoms with Crippen molar-refractivity contribution in [3.05, 3.63) is 60.2 Å². The maximum atomic E-state index is 11.9. The van der Waals surface area contributed by atoms with Gasteiger partial charge >= 0.3 is 0 Å². The number of benzene rings is 2. The average Bonchev–Trinajstić information content (AvgIpc) is 2.53. The molecule has 0 atom stereocenters. The van der Waals surface area contributed by atoms with Crippen molar-refractivity contribution >= 4 is 17.7 Å². The molecule has 0 unspecified atom stereocenters. The first-order chi connectivity index (χ1) is 10.2. The number of hydrogen-bond donors (Lipinski definition) is 1. The molecule has 0 heterocycles. The Morgan fingerprint density at radius 2 is 1.76 bits per heavy atom. The number of para-hydroxylation sites is 2. The first kappa shape index (κ1) is 14.7. The fourth-order valence-corrected chi connectivity index (χ4v) is 1.91. The van der Waals surface area contributed by atoms with Gasteiger partial charge < -0.3 is 14.8 Å². The molecule has 2 rings (SSSR count). The number of nitrogens with one attached hydrogen (secondary N) is 1. The first-order valence-electron chi connectivity index (χ1n) is 6.49. The van der Waals surface area contributed by atoms with E-state index in [1.54, 1.807) is 26.4 Å². The van der Waals surface area contributed by atoms with Crippen LogP contribution >= 0.6 is 0 Å². The summed E-state index contributed by atoms with van der Waals surface area (Å²) in [6.07, 6.45) is 3.16. The average molecular weight is 283 g/mol. The summed E-state index contributed by atoms with van der Waals surface area (Å²) in [6.45, 7) is 0. The highest BCUT2D eigenvalue weighted by atomic mass is 16.5. The second kappa shape index (κ2) is 7.14. The van der Waals surface area contributed by atoms with E-state index >= 15 is 0 Å². The summed E-state index contributed by atoms with van der Waals surface area (Å²) in [7, 11) is 3.15. The third kappa shape index (κ3) is 3.86. The molecule has 1 N–H and O–H groups in total. The van der Waals surface area contributed by atoms with Crippen LogP contribution < -0.4 is 14.8 Å². The van der Waals surface area contributed by atoms with Crippen LogP contribution in [0.2, 0.25) is 0 Å². The minimum Gasteiger partial charge on any atom is -0.493 e. The molecular weight excluding hydrogens is 266 g/mol. The van der Waals surface area contributed by atoms with Gasteiger partial charge in [-0.3, -0.25) is 4.79 Å². The van der Waals surface area contributed by atoms with E-state index in [-0.39, 0.29) is 5.91 Å². The molecule has 0 fully saturated rings. The molecule has 2 aromatic carbocycles. The summed E-state index contributed by atoms with van der Waals surface area (Å²) in [6, 6.07) is 14.8. The monoisotopic (exact) mass is 283 g/mol. The topological polar surface area (TPSA) is 47.6 Å². The number of ether oxygens (including phenoxy) is 2. The molecule has 4 heteroatoms. The van der Waals surface area contributed by atoms with Crippen LogP contribution in [0.25, 0.3) is 6.08 Å². The van der Waals surface area contributed by atoms with Crippen molar-refractivity contribution in [1.29, 1.82) is 0 Å². The molecule has 0 aliphatic carbocycles. The summed E-state index contributed by atoms with van der Waals surface area (Å²) >= 11 is 0. The molecule has 4 nitrogen and oxygen atoms in total. The van der Waals surface area contributed by atoms with Gasteiger partial charge in [0.15, 0.2) is 11.5 Å². The zero-order valence-electron chi connectivity index (χ0n) is 12.0. The molecule has 0 radical (unpaired) electrons.